The minimum absolute atomic E-state index is 0.0690. The summed E-state index contributed by atoms with van der Waals surface area (Å²) >= 11 is 0. The lowest BCUT2D eigenvalue weighted by Crippen LogP contribution is -2.15. The van der Waals surface area contributed by atoms with E-state index in [2.05, 4.69) is 13.8 Å². The van der Waals surface area contributed by atoms with Crippen LogP contribution in [0.4, 0.5) is 0 Å². The number of Topliss-reactive ketones (excluding diaryl/α,β-unsaturated/α-hetero) is 1. The summed E-state index contributed by atoms with van der Waals surface area (Å²) in [5.74, 6) is 1.03. The molecule has 0 aliphatic carbocycles. The van der Waals surface area contributed by atoms with Crippen LogP contribution in [-0.2, 0) is 4.79 Å². The molecule has 2 atom stereocenters. The van der Waals surface area contributed by atoms with Gasteiger partial charge in [-0.3, -0.25) is 4.79 Å². The van der Waals surface area contributed by atoms with Gasteiger partial charge in [-0.25, -0.2) is 0 Å². The standard InChI is InChI=1S/C22H28O3/c1-3-5-6-20(25)15-22(17-9-13-19(24)14-10-17)21(4-2)16-7-11-18(23)12-8-16/h7-14,21-24H,3-6,15H2,1-2H3/t21-,22+/m1/s1. The second-order valence-electron chi connectivity index (χ2n) is 6.65. The topological polar surface area (TPSA) is 57.5 Å². The van der Waals surface area contributed by atoms with Gasteiger partial charge in [-0.1, -0.05) is 44.5 Å². The number of rotatable bonds is 9. The molecule has 2 N–H and O–H groups in total. The van der Waals surface area contributed by atoms with Gasteiger partial charge < -0.3 is 10.2 Å². The maximum atomic E-state index is 12.5. The summed E-state index contributed by atoms with van der Waals surface area (Å²) in [6, 6.07) is 14.5. The van der Waals surface area contributed by atoms with Crippen LogP contribution < -0.4 is 0 Å². The van der Waals surface area contributed by atoms with E-state index in [1.165, 1.54) is 0 Å². The highest BCUT2D eigenvalue weighted by Crippen LogP contribution is 2.39. The number of phenols is 2. The highest BCUT2D eigenvalue weighted by atomic mass is 16.3. The van der Waals surface area contributed by atoms with E-state index in [0.29, 0.717) is 12.8 Å². The number of unbranched alkanes of at least 4 members (excludes halogenated alkanes) is 1. The quantitative estimate of drug-likeness (QED) is 0.631. The molecule has 0 saturated carbocycles. The molecule has 0 aromatic heterocycles. The second-order valence-corrected chi connectivity index (χ2v) is 6.65. The predicted molar refractivity (Wildman–Crippen MR) is 101 cm³/mol. The van der Waals surface area contributed by atoms with Crippen molar-refractivity contribution < 1.29 is 15.0 Å². The molecule has 0 aliphatic heterocycles. The van der Waals surface area contributed by atoms with Crippen molar-refractivity contribution in [3.63, 3.8) is 0 Å². The number of aromatic hydroxyl groups is 2. The molecular weight excluding hydrogens is 312 g/mol. The van der Waals surface area contributed by atoms with Crippen molar-refractivity contribution in [1.82, 2.24) is 0 Å². The van der Waals surface area contributed by atoms with E-state index in [0.717, 1.165) is 30.4 Å². The van der Waals surface area contributed by atoms with Crippen molar-refractivity contribution in [2.45, 2.75) is 57.8 Å². The minimum atomic E-state index is 0.0690. The van der Waals surface area contributed by atoms with E-state index in [-0.39, 0.29) is 29.1 Å². The second kappa shape index (κ2) is 9.26. The van der Waals surface area contributed by atoms with E-state index in [4.69, 9.17) is 0 Å². The average molecular weight is 340 g/mol. The molecule has 0 aliphatic rings. The number of hydrogen-bond acceptors (Lipinski definition) is 3. The van der Waals surface area contributed by atoms with Gasteiger partial charge in [0, 0.05) is 12.8 Å². The zero-order chi connectivity index (χ0) is 18.2. The van der Waals surface area contributed by atoms with Crippen LogP contribution in [0, 0.1) is 0 Å². The molecular formula is C22H28O3. The Labute approximate surface area is 150 Å². The average Bonchev–Trinajstić information content (AvgIpc) is 2.62. The molecule has 25 heavy (non-hydrogen) atoms. The molecule has 0 unspecified atom stereocenters. The summed E-state index contributed by atoms with van der Waals surface area (Å²) in [6.45, 7) is 4.22. The van der Waals surface area contributed by atoms with Gasteiger partial charge in [-0.15, -0.1) is 0 Å². The SMILES string of the molecule is CCCCC(=O)C[C@@H](c1ccc(O)cc1)[C@H](CC)c1ccc(O)cc1. The lowest BCUT2D eigenvalue weighted by atomic mass is 9.77. The van der Waals surface area contributed by atoms with Crippen LogP contribution in [0.15, 0.2) is 48.5 Å². The fourth-order valence-corrected chi connectivity index (χ4v) is 3.41. The van der Waals surface area contributed by atoms with Crippen molar-refractivity contribution in [2.75, 3.05) is 0 Å². The van der Waals surface area contributed by atoms with Crippen molar-refractivity contribution >= 4 is 5.78 Å². The van der Waals surface area contributed by atoms with Crippen LogP contribution in [-0.4, -0.2) is 16.0 Å². The van der Waals surface area contributed by atoms with Gasteiger partial charge in [0.15, 0.2) is 0 Å². The first-order valence-electron chi connectivity index (χ1n) is 9.14. The van der Waals surface area contributed by atoms with Crippen LogP contribution in [0.3, 0.4) is 0 Å². The highest BCUT2D eigenvalue weighted by molar-refractivity contribution is 5.79. The Hall–Kier alpha value is -2.29. The molecule has 2 rings (SSSR count). The van der Waals surface area contributed by atoms with Crippen LogP contribution in [0.25, 0.3) is 0 Å². The Morgan fingerprint density at radius 2 is 1.32 bits per heavy atom. The summed E-state index contributed by atoms with van der Waals surface area (Å²) < 4.78 is 0. The predicted octanol–water partition coefficient (Wildman–Crippen LogP) is 5.52. The molecule has 134 valence electrons. The fourth-order valence-electron chi connectivity index (χ4n) is 3.41. The van der Waals surface area contributed by atoms with Crippen molar-refractivity contribution in [2.24, 2.45) is 0 Å². The molecule has 0 heterocycles. The van der Waals surface area contributed by atoms with Gasteiger partial charge >= 0.3 is 0 Å². The third kappa shape index (κ3) is 5.35. The van der Waals surface area contributed by atoms with Gasteiger partial charge in [0.25, 0.3) is 0 Å². The maximum Gasteiger partial charge on any atom is 0.133 e. The Morgan fingerprint density at radius 1 is 0.840 bits per heavy atom. The van der Waals surface area contributed by atoms with Gasteiger partial charge in [0.05, 0.1) is 0 Å². The first-order chi connectivity index (χ1) is 12.0. The number of hydrogen-bond donors (Lipinski definition) is 2. The Bertz CT molecular complexity index is 659. The number of phenolic OH excluding ortho intramolecular Hbond substituents is 2. The molecule has 0 fully saturated rings. The molecule has 0 spiro atoms. The smallest absolute Gasteiger partial charge is 0.133 e. The molecule has 3 nitrogen and oxygen atoms in total. The third-order valence-corrected chi connectivity index (χ3v) is 4.82. The van der Waals surface area contributed by atoms with Gasteiger partial charge in [0.1, 0.15) is 17.3 Å². The first-order valence-corrected chi connectivity index (χ1v) is 9.14. The number of benzene rings is 2. The molecule has 3 heteroatoms. The van der Waals surface area contributed by atoms with Gasteiger partial charge in [-0.05, 0) is 60.1 Å². The number of carbonyl (C=O) groups is 1. The summed E-state index contributed by atoms with van der Waals surface area (Å²) in [5, 5.41) is 19.1. The maximum absolute atomic E-state index is 12.5. The number of ketones is 1. The summed E-state index contributed by atoms with van der Waals surface area (Å²) in [6.07, 6.45) is 3.97. The van der Waals surface area contributed by atoms with E-state index in [1.807, 2.05) is 24.3 Å². The normalized spacial score (nSPS) is 13.4. The minimum Gasteiger partial charge on any atom is -0.508 e. The van der Waals surface area contributed by atoms with E-state index in [1.54, 1.807) is 24.3 Å². The summed E-state index contributed by atoms with van der Waals surface area (Å²) in [4.78, 5) is 12.5. The van der Waals surface area contributed by atoms with Crippen molar-refractivity contribution in [1.29, 1.82) is 0 Å². The Balaban J connectivity index is 2.32. The fraction of sp³-hybridized carbons (Fsp3) is 0.409. The Kier molecular flexibility index (Phi) is 7.05. The van der Waals surface area contributed by atoms with Crippen LogP contribution in [0.1, 0.15) is 68.9 Å². The lowest BCUT2D eigenvalue weighted by molar-refractivity contribution is -0.119. The lowest BCUT2D eigenvalue weighted by Gasteiger charge is -2.27. The van der Waals surface area contributed by atoms with Crippen LogP contribution >= 0.6 is 0 Å². The summed E-state index contributed by atoms with van der Waals surface area (Å²) in [7, 11) is 0. The summed E-state index contributed by atoms with van der Waals surface area (Å²) in [5.41, 5.74) is 2.20. The van der Waals surface area contributed by atoms with E-state index >= 15 is 0 Å². The molecule has 0 amide bonds. The highest BCUT2D eigenvalue weighted by Gasteiger charge is 2.26. The van der Waals surface area contributed by atoms with Gasteiger partial charge in [0.2, 0.25) is 0 Å². The van der Waals surface area contributed by atoms with E-state index < -0.39 is 0 Å². The molecule has 0 radical (unpaired) electrons. The molecule has 0 bridgehead atoms. The zero-order valence-corrected chi connectivity index (χ0v) is 15.1. The molecule has 0 saturated heterocycles. The first kappa shape index (κ1) is 19.0. The third-order valence-electron chi connectivity index (χ3n) is 4.82. The van der Waals surface area contributed by atoms with Crippen LogP contribution in [0.5, 0.6) is 11.5 Å². The number of carbonyl (C=O) groups excluding carboxylic acids is 1. The van der Waals surface area contributed by atoms with E-state index in [9.17, 15) is 15.0 Å². The molecule has 2 aromatic rings. The van der Waals surface area contributed by atoms with Gasteiger partial charge in [-0.2, -0.15) is 0 Å². The monoisotopic (exact) mass is 340 g/mol. The van der Waals surface area contributed by atoms with Crippen LogP contribution in [0.2, 0.25) is 0 Å². The largest absolute Gasteiger partial charge is 0.508 e. The zero-order valence-electron chi connectivity index (χ0n) is 15.1. The Morgan fingerprint density at radius 3 is 1.76 bits per heavy atom. The van der Waals surface area contributed by atoms with Crippen molar-refractivity contribution in [3.05, 3.63) is 59.7 Å². The molecule has 2 aromatic carbocycles. The van der Waals surface area contributed by atoms with Crippen molar-refractivity contribution in [3.8, 4) is 11.5 Å².